The first-order valence-corrected chi connectivity index (χ1v) is 9.19. The van der Waals surface area contributed by atoms with Crippen LogP contribution >= 0.6 is 11.6 Å². The average molecular weight is 423 g/mol. The first-order chi connectivity index (χ1) is 12.3. The predicted molar refractivity (Wildman–Crippen MR) is 94.0 cm³/mol. The van der Waals surface area contributed by atoms with Crippen molar-refractivity contribution in [1.29, 1.82) is 0 Å². The van der Waals surface area contributed by atoms with Gasteiger partial charge in [0.25, 0.3) is 15.9 Å². The van der Waals surface area contributed by atoms with Gasteiger partial charge in [-0.05, 0) is 37.3 Å². The van der Waals surface area contributed by atoms with Crippen LogP contribution in [0.3, 0.4) is 0 Å². The minimum Gasteiger partial charge on any atom is -0.373 e. The smallest absolute Gasteiger partial charge is 0.373 e. The lowest BCUT2D eigenvalue weighted by Gasteiger charge is -2.25. The maximum atomic E-state index is 12.7. The summed E-state index contributed by atoms with van der Waals surface area (Å²) in [6.45, 7) is 0.291. The average Bonchev–Trinajstić information content (AvgIpc) is 2.56. The van der Waals surface area contributed by atoms with Crippen molar-refractivity contribution in [3.05, 3.63) is 53.6 Å². The highest BCUT2D eigenvalue weighted by atomic mass is 35.5. The fourth-order valence-corrected chi connectivity index (χ4v) is 3.23. The van der Waals surface area contributed by atoms with E-state index in [1.807, 2.05) is 5.32 Å². The van der Waals surface area contributed by atoms with E-state index in [0.29, 0.717) is 12.6 Å². The molecule has 0 aliphatic heterocycles. The van der Waals surface area contributed by atoms with Gasteiger partial charge in [-0.1, -0.05) is 29.8 Å². The van der Waals surface area contributed by atoms with Gasteiger partial charge in [-0.3, -0.25) is 9.52 Å². The molecule has 3 N–H and O–H groups in total. The Balaban J connectivity index is 2.24. The van der Waals surface area contributed by atoms with Gasteiger partial charge in [-0.2, -0.15) is 13.2 Å². The van der Waals surface area contributed by atoms with Crippen LogP contribution in [0.1, 0.15) is 6.92 Å². The van der Waals surface area contributed by atoms with Crippen LogP contribution in [0.2, 0.25) is 5.02 Å². The van der Waals surface area contributed by atoms with Crippen LogP contribution in [0.4, 0.5) is 24.5 Å². The summed E-state index contributed by atoms with van der Waals surface area (Å²) < 4.78 is 65.0. The molecule has 0 heterocycles. The Morgan fingerprint density at radius 3 is 2.22 bits per heavy atom. The molecule has 2 aromatic rings. The van der Waals surface area contributed by atoms with E-state index in [4.69, 9.17) is 11.6 Å². The number of nitrogens with one attached hydrogen (secondary N) is 2. The van der Waals surface area contributed by atoms with E-state index in [1.54, 1.807) is 18.2 Å². The second kappa shape index (κ2) is 7.37. The molecule has 0 bridgehead atoms. The lowest BCUT2D eigenvalue weighted by Crippen LogP contribution is -2.52. The molecule has 2 rings (SSSR count). The van der Waals surface area contributed by atoms with Crippen molar-refractivity contribution in [2.45, 2.75) is 23.6 Å². The monoisotopic (exact) mass is 422 g/mol. The van der Waals surface area contributed by atoms with Gasteiger partial charge in [-0.15, -0.1) is 0 Å². The van der Waals surface area contributed by atoms with E-state index >= 15 is 0 Å². The zero-order valence-corrected chi connectivity index (χ0v) is 15.3. The summed E-state index contributed by atoms with van der Waals surface area (Å²) >= 11 is 5.88. The van der Waals surface area contributed by atoms with E-state index in [1.165, 1.54) is 12.1 Å². The number of alkyl halides is 3. The highest BCUT2D eigenvalue weighted by Gasteiger charge is 2.55. The van der Waals surface area contributed by atoms with Crippen molar-refractivity contribution >= 4 is 38.9 Å². The van der Waals surface area contributed by atoms with Crippen molar-refractivity contribution < 1.29 is 31.5 Å². The first-order valence-electron chi connectivity index (χ1n) is 7.32. The molecule has 146 valence electrons. The summed E-state index contributed by atoms with van der Waals surface area (Å²) in [5.74, 6) is -1.75. The molecule has 0 spiro atoms. The molecule has 1 unspecified atom stereocenters. The topological polar surface area (TPSA) is 95.5 Å². The van der Waals surface area contributed by atoms with Crippen molar-refractivity contribution in [1.82, 2.24) is 0 Å². The normalized spacial score (nSPS) is 14.3. The van der Waals surface area contributed by atoms with Crippen LogP contribution < -0.4 is 10.0 Å². The van der Waals surface area contributed by atoms with Crippen molar-refractivity contribution in [3.63, 3.8) is 0 Å². The SMILES string of the molecule is CC(O)(C(=O)Nc1ccc(S(=O)(=O)Nc2ccccc2)cc1Cl)C(F)(F)F. The third-order valence-electron chi connectivity index (χ3n) is 3.52. The van der Waals surface area contributed by atoms with Gasteiger partial charge in [0.2, 0.25) is 5.60 Å². The zero-order chi connectivity index (χ0) is 20.5. The second-order valence-electron chi connectivity index (χ2n) is 5.64. The molecule has 2 aromatic carbocycles. The molecule has 27 heavy (non-hydrogen) atoms. The van der Waals surface area contributed by atoms with Crippen LogP contribution in [-0.4, -0.2) is 31.2 Å². The predicted octanol–water partition coefficient (Wildman–Crippen LogP) is 3.39. The Morgan fingerprint density at radius 2 is 1.70 bits per heavy atom. The van der Waals surface area contributed by atoms with Gasteiger partial charge in [0.05, 0.1) is 15.6 Å². The summed E-state index contributed by atoms with van der Waals surface area (Å²) in [5, 5.41) is 10.8. The molecule has 0 saturated carbocycles. The Bertz CT molecular complexity index is 948. The largest absolute Gasteiger partial charge is 0.426 e. The van der Waals surface area contributed by atoms with Crippen molar-refractivity contribution in [2.75, 3.05) is 10.0 Å². The van der Waals surface area contributed by atoms with E-state index in [9.17, 15) is 31.5 Å². The zero-order valence-electron chi connectivity index (χ0n) is 13.7. The summed E-state index contributed by atoms with van der Waals surface area (Å²) in [7, 11) is -4.01. The fourth-order valence-electron chi connectivity index (χ4n) is 1.86. The third-order valence-corrected chi connectivity index (χ3v) is 5.21. The van der Waals surface area contributed by atoms with Crippen molar-refractivity contribution in [3.8, 4) is 0 Å². The van der Waals surface area contributed by atoms with E-state index < -0.39 is 27.7 Å². The Labute approximate surface area is 158 Å². The number of halogens is 4. The van der Waals surface area contributed by atoms with Gasteiger partial charge in [-0.25, -0.2) is 8.42 Å². The molecule has 0 aliphatic carbocycles. The summed E-state index contributed by atoms with van der Waals surface area (Å²) in [5.41, 5.74) is -3.63. The third kappa shape index (κ3) is 4.71. The highest BCUT2D eigenvalue weighted by Crippen LogP contribution is 2.32. The van der Waals surface area contributed by atoms with Gasteiger partial charge in [0, 0.05) is 5.69 Å². The number of hydrogen-bond donors (Lipinski definition) is 3. The lowest BCUT2D eigenvalue weighted by atomic mass is 10.1. The maximum Gasteiger partial charge on any atom is 0.426 e. The standard InChI is InChI=1S/C16H14ClF3N2O4S/c1-15(24,16(18,19)20)14(23)21-13-8-7-11(9-12(13)17)27(25,26)22-10-5-3-2-4-6-10/h2-9,22,24H,1H3,(H,21,23). The van der Waals surface area contributed by atoms with Crippen LogP contribution in [0, 0.1) is 0 Å². The minimum absolute atomic E-state index is 0.267. The molecule has 6 nitrogen and oxygen atoms in total. The number of sulfonamides is 1. The highest BCUT2D eigenvalue weighted by molar-refractivity contribution is 7.92. The molecule has 0 radical (unpaired) electrons. The van der Waals surface area contributed by atoms with Crippen LogP contribution in [0.15, 0.2) is 53.4 Å². The van der Waals surface area contributed by atoms with Gasteiger partial charge < -0.3 is 10.4 Å². The number of para-hydroxylation sites is 1. The summed E-state index contributed by atoms with van der Waals surface area (Å²) in [6, 6.07) is 11.0. The molecule has 1 amide bonds. The molecule has 11 heteroatoms. The quantitative estimate of drug-likeness (QED) is 0.688. The van der Waals surface area contributed by atoms with E-state index in [0.717, 1.165) is 18.2 Å². The van der Waals surface area contributed by atoms with Crippen LogP contribution in [-0.2, 0) is 14.8 Å². The number of anilines is 2. The summed E-state index contributed by atoms with van der Waals surface area (Å²) in [4.78, 5) is 11.4. The number of carbonyl (C=O) groups excluding carboxylic acids is 1. The second-order valence-corrected chi connectivity index (χ2v) is 7.73. The number of amides is 1. The van der Waals surface area contributed by atoms with Crippen LogP contribution in [0.5, 0.6) is 0 Å². The lowest BCUT2D eigenvalue weighted by molar-refractivity contribution is -0.242. The van der Waals surface area contributed by atoms with E-state index in [2.05, 4.69) is 4.72 Å². The number of benzene rings is 2. The molecular formula is C16H14ClF3N2O4S. The molecule has 0 saturated heterocycles. The molecular weight excluding hydrogens is 409 g/mol. The van der Waals surface area contributed by atoms with E-state index in [-0.39, 0.29) is 15.6 Å². The molecule has 1 atom stereocenters. The van der Waals surface area contributed by atoms with Crippen LogP contribution in [0.25, 0.3) is 0 Å². The number of carbonyl (C=O) groups is 1. The Kier molecular flexibility index (Phi) is 5.74. The number of hydrogen-bond acceptors (Lipinski definition) is 4. The van der Waals surface area contributed by atoms with Crippen molar-refractivity contribution in [2.24, 2.45) is 0 Å². The molecule has 0 fully saturated rings. The first kappa shape index (κ1) is 21.0. The van der Waals surface area contributed by atoms with Gasteiger partial charge >= 0.3 is 6.18 Å². The van der Waals surface area contributed by atoms with Gasteiger partial charge in [0.15, 0.2) is 0 Å². The molecule has 0 aliphatic rings. The Hall–Kier alpha value is -2.30. The number of aliphatic hydroxyl groups is 1. The fraction of sp³-hybridized carbons (Fsp3) is 0.188. The molecule has 0 aromatic heterocycles. The van der Waals surface area contributed by atoms with Gasteiger partial charge in [0.1, 0.15) is 0 Å². The summed E-state index contributed by atoms with van der Waals surface area (Å²) in [6.07, 6.45) is -5.20. The number of rotatable bonds is 5. The maximum absolute atomic E-state index is 12.7. The minimum atomic E-state index is -5.20. The Morgan fingerprint density at radius 1 is 1.11 bits per heavy atom.